The zero-order valence-electron chi connectivity index (χ0n) is 10.7. The maximum absolute atomic E-state index is 8.92. The van der Waals surface area contributed by atoms with Crippen molar-refractivity contribution in [2.75, 3.05) is 5.73 Å². The number of benzene rings is 2. The minimum Gasteiger partial charge on any atom is -0.398 e. The minimum absolute atomic E-state index is 0.612. The molecule has 0 atom stereocenters. The molecule has 0 unspecified atom stereocenters. The van der Waals surface area contributed by atoms with Gasteiger partial charge in [-0.25, -0.2) is 0 Å². The molecule has 3 rings (SSSR count). The van der Waals surface area contributed by atoms with E-state index in [0.717, 1.165) is 16.5 Å². The third-order valence-electron chi connectivity index (χ3n) is 3.38. The molecule has 0 saturated heterocycles. The lowest BCUT2D eigenvalue weighted by atomic mass is 10.1. The molecule has 1 heterocycles. The van der Waals surface area contributed by atoms with E-state index in [2.05, 4.69) is 10.6 Å². The second-order valence-electron chi connectivity index (χ2n) is 4.64. The highest BCUT2D eigenvalue weighted by atomic mass is 35.5. The second-order valence-corrected chi connectivity index (χ2v) is 5.04. The van der Waals surface area contributed by atoms with Crippen molar-refractivity contribution in [1.82, 2.24) is 4.57 Å². The second kappa shape index (κ2) is 4.92. The van der Waals surface area contributed by atoms with Crippen molar-refractivity contribution in [1.29, 1.82) is 5.26 Å². The summed E-state index contributed by atoms with van der Waals surface area (Å²) >= 11 is 6.21. The van der Waals surface area contributed by atoms with Crippen LogP contribution in [-0.2, 0) is 6.54 Å². The number of halogens is 1. The predicted molar refractivity (Wildman–Crippen MR) is 81.6 cm³/mol. The van der Waals surface area contributed by atoms with Gasteiger partial charge in [-0.2, -0.15) is 5.26 Å². The van der Waals surface area contributed by atoms with E-state index in [-0.39, 0.29) is 0 Å². The van der Waals surface area contributed by atoms with Crippen molar-refractivity contribution in [3.63, 3.8) is 0 Å². The summed E-state index contributed by atoms with van der Waals surface area (Å²) in [6, 6.07) is 15.3. The third-order valence-corrected chi connectivity index (χ3v) is 3.74. The Balaban J connectivity index is 2.06. The van der Waals surface area contributed by atoms with E-state index in [1.807, 2.05) is 48.7 Å². The van der Waals surface area contributed by atoms with Gasteiger partial charge in [-0.1, -0.05) is 17.7 Å². The van der Waals surface area contributed by atoms with Crippen LogP contribution in [0.5, 0.6) is 0 Å². The molecular formula is C16H12ClN3. The molecule has 0 aliphatic heterocycles. The molecule has 98 valence electrons. The number of anilines is 1. The van der Waals surface area contributed by atoms with Crippen LogP contribution in [0.15, 0.2) is 48.7 Å². The molecule has 3 nitrogen and oxygen atoms in total. The Morgan fingerprint density at radius 2 is 2.05 bits per heavy atom. The summed E-state index contributed by atoms with van der Waals surface area (Å²) in [6.45, 7) is 0.612. The van der Waals surface area contributed by atoms with Crippen LogP contribution in [0.1, 0.15) is 11.1 Å². The summed E-state index contributed by atoms with van der Waals surface area (Å²) in [5.74, 6) is 0. The van der Waals surface area contributed by atoms with Gasteiger partial charge in [-0.15, -0.1) is 0 Å². The maximum atomic E-state index is 8.92. The van der Waals surface area contributed by atoms with Gasteiger partial charge in [-0.3, -0.25) is 0 Å². The Bertz CT molecular complexity index is 807. The van der Waals surface area contributed by atoms with Gasteiger partial charge in [0.05, 0.1) is 18.2 Å². The molecule has 0 saturated carbocycles. The highest BCUT2D eigenvalue weighted by Crippen LogP contribution is 2.25. The van der Waals surface area contributed by atoms with E-state index in [1.54, 1.807) is 0 Å². The third kappa shape index (κ3) is 2.11. The number of aromatic nitrogens is 1. The lowest BCUT2D eigenvalue weighted by Crippen LogP contribution is -2.02. The van der Waals surface area contributed by atoms with Crippen LogP contribution in [0.3, 0.4) is 0 Å². The van der Waals surface area contributed by atoms with Gasteiger partial charge in [0.1, 0.15) is 0 Å². The number of nitrogens with two attached hydrogens (primary N) is 1. The number of nitrogen functional groups attached to an aromatic ring is 1. The number of nitriles is 1. The lowest BCUT2D eigenvalue weighted by Gasteiger charge is -2.10. The topological polar surface area (TPSA) is 54.7 Å². The Kier molecular flexibility index (Phi) is 3.09. The Morgan fingerprint density at radius 1 is 1.20 bits per heavy atom. The molecule has 1 aromatic heterocycles. The molecule has 4 heteroatoms. The molecule has 2 aromatic carbocycles. The Hall–Kier alpha value is -2.44. The fraction of sp³-hybridized carbons (Fsp3) is 0.0625. The van der Waals surface area contributed by atoms with Gasteiger partial charge in [0.15, 0.2) is 0 Å². The van der Waals surface area contributed by atoms with E-state index in [0.29, 0.717) is 22.8 Å². The molecule has 0 aliphatic carbocycles. The number of fused-ring (bicyclic) bond motifs is 1. The molecule has 20 heavy (non-hydrogen) atoms. The van der Waals surface area contributed by atoms with Gasteiger partial charge >= 0.3 is 0 Å². The molecule has 0 amide bonds. The smallest absolute Gasteiger partial charge is 0.0991 e. The first-order valence-electron chi connectivity index (χ1n) is 6.21. The van der Waals surface area contributed by atoms with Crippen molar-refractivity contribution in [2.45, 2.75) is 6.54 Å². The van der Waals surface area contributed by atoms with Crippen LogP contribution in [0.2, 0.25) is 5.02 Å². The van der Waals surface area contributed by atoms with Gasteiger partial charge in [-0.05, 0) is 36.4 Å². The van der Waals surface area contributed by atoms with Crippen molar-refractivity contribution < 1.29 is 0 Å². The molecule has 0 radical (unpaired) electrons. The zero-order valence-corrected chi connectivity index (χ0v) is 11.4. The van der Waals surface area contributed by atoms with E-state index >= 15 is 0 Å². The van der Waals surface area contributed by atoms with Crippen molar-refractivity contribution in [2.24, 2.45) is 0 Å². The van der Waals surface area contributed by atoms with Crippen LogP contribution >= 0.6 is 11.6 Å². The van der Waals surface area contributed by atoms with Crippen molar-refractivity contribution in [3.8, 4) is 6.07 Å². The highest BCUT2D eigenvalue weighted by Gasteiger charge is 2.08. The molecule has 0 fully saturated rings. The van der Waals surface area contributed by atoms with Crippen molar-refractivity contribution in [3.05, 3.63) is 64.8 Å². The van der Waals surface area contributed by atoms with E-state index in [9.17, 15) is 0 Å². The van der Waals surface area contributed by atoms with E-state index < -0.39 is 0 Å². The van der Waals surface area contributed by atoms with Gasteiger partial charge in [0, 0.05) is 33.4 Å². The number of hydrogen-bond acceptors (Lipinski definition) is 2. The first kappa shape index (κ1) is 12.6. The van der Waals surface area contributed by atoms with Gasteiger partial charge < -0.3 is 10.3 Å². The number of nitrogens with zero attached hydrogens (tertiary/aromatic N) is 2. The summed E-state index contributed by atoms with van der Waals surface area (Å²) < 4.78 is 2.08. The standard InChI is InChI=1S/C16H12ClN3/c17-14-2-1-3-15(19)13(14)10-20-7-6-12-8-11(9-18)4-5-16(12)20/h1-8H,10,19H2. The zero-order chi connectivity index (χ0) is 14.1. The summed E-state index contributed by atoms with van der Waals surface area (Å²) in [7, 11) is 0. The van der Waals surface area contributed by atoms with E-state index in [1.165, 1.54) is 0 Å². The molecule has 0 aliphatic rings. The molecule has 0 bridgehead atoms. The quantitative estimate of drug-likeness (QED) is 0.727. The largest absolute Gasteiger partial charge is 0.398 e. The average molecular weight is 282 g/mol. The molecule has 2 N–H and O–H groups in total. The van der Waals surface area contributed by atoms with Crippen LogP contribution in [0.25, 0.3) is 10.9 Å². The summed E-state index contributed by atoms with van der Waals surface area (Å²) in [4.78, 5) is 0. The van der Waals surface area contributed by atoms with E-state index in [4.69, 9.17) is 22.6 Å². The Morgan fingerprint density at radius 3 is 2.80 bits per heavy atom. The fourth-order valence-corrected chi connectivity index (χ4v) is 2.56. The fourth-order valence-electron chi connectivity index (χ4n) is 2.32. The summed E-state index contributed by atoms with van der Waals surface area (Å²) in [6.07, 6.45) is 1.98. The first-order chi connectivity index (χ1) is 9.69. The van der Waals surface area contributed by atoms with Crippen molar-refractivity contribution >= 4 is 28.2 Å². The highest BCUT2D eigenvalue weighted by molar-refractivity contribution is 6.31. The normalized spacial score (nSPS) is 10.6. The molecular weight excluding hydrogens is 270 g/mol. The minimum atomic E-state index is 0.612. The first-order valence-corrected chi connectivity index (χ1v) is 6.58. The average Bonchev–Trinajstić information content (AvgIpc) is 2.85. The summed E-state index contributed by atoms with van der Waals surface area (Å²) in [5.41, 5.74) is 9.31. The number of hydrogen-bond donors (Lipinski definition) is 1. The van der Waals surface area contributed by atoms with Gasteiger partial charge in [0.25, 0.3) is 0 Å². The Labute approximate surface area is 121 Å². The molecule has 0 spiro atoms. The SMILES string of the molecule is N#Cc1ccc2c(ccn2Cc2c(N)cccc2Cl)c1. The van der Waals surface area contributed by atoms with Crippen LogP contribution in [0, 0.1) is 11.3 Å². The van der Waals surface area contributed by atoms with Gasteiger partial charge in [0.2, 0.25) is 0 Å². The maximum Gasteiger partial charge on any atom is 0.0991 e. The predicted octanol–water partition coefficient (Wildman–Crippen LogP) is 3.80. The molecule has 3 aromatic rings. The van der Waals surface area contributed by atoms with Crippen LogP contribution < -0.4 is 5.73 Å². The lowest BCUT2D eigenvalue weighted by molar-refractivity contribution is 0.839. The summed E-state index contributed by atoms with van der Waals surface area (Å²) in [5, 5.41) is 10.6. The monoisotopic (exact) mass is 281 g/mol. The van der Waals surface area contributed by atoms with Crippen LogP contribution in [-0.4, -0.2) is 4.57 Å². The van der Waals surface area contributed by atoms with Crippen LogP contribution in [0.4, 0.5) is 5.69 Å². The number of rotatable bonds is 2.